The van der Waals surface area contributed by atoms with Crippen molar-refractivity contribution in [2.45, 2.75) is 75.9 Å². The largest absolute Gasteiger partial charge is 0.484 e. The monoisotopic (exact) mass is 558 g/mol. The topological polar surface area (TPSA) is 126 Å². The first-order valence-electron chi connectivity index (χ1n) is 12.7. The van der Waals surface area contributed by atoms with E-state index in [-0.39, 0.29) is 12.5 Å². The summed E-state index contributed by atoms with van der Waals surface area (Å²) in [6.45, 7) is 3.84. The first-order valence-corrected chi connectivity index (χ1v) is 15.1. The molecule has 0 saturated carbocycles. The van der Waals surface area contributed by atoms with Gasteiger partial charge in [0, 0.05) is 41.4 Å². The highest BCUT2D eigenvalue weighted by molar-refractivity contribution is 8.77. The zero-order chi connectivity index (χ0) is 26.7. The van der Waals surface area contributed by atoms with E-state index in [0.29, 0.717) is 29.9 Å². The van der Waals surface area contributed by atoms with Crippen molar-refractivity contribution in [1.82, 2.24) is 20.3 Å². The molecule has 2 unspecified atom stereocenters. The Morgan fingerprint density at radius 2 is 2.13 bits per heavy atom. The van der Waals surface area contributed by atoms with Crippen molar-refractivity contribution in [2.75, 3.05) is 5.75 Å². The second-order valence-corrected chi connectivity index (χ2v) is 12.8. The number of unbranched alkanes of at least 4 members (excludes halogenated alkanes) is 1. The predicted molar refractivity (Wildman–Crippen MR) is 145 cm³/mol. The minimum atomic E-state index is -0.835. The van der Waals surface area contributed by atoms with Crippen LogP contribution in [0.25, 0.3) is 11.0 Å². The Morgan fingerprint density at radius 1 is 1.26 bits per heavy atom. The van der Waals surface area contributed by atoms with E-state index in [1.807, 2.05) is 41.5 Å². The van der Waals surface area contributed by atoms with Gasteiger partial charge < -0.3 is 19.2 Å². The molecular formula is C26H30N4O6S2. The molecule has 5 rings (SSSR count). The lowest BCUT2D eigenvalue weighted by Crippen LogP contribution is -2.49. The minimum Gasteiger partial charge on any atom is -0.484 e. The van der Waals surface area contributed by atoms with Gasteiger partial charge in [-0.3, -0.25) is 4.79 Å². The molecule has 1 amide bonds. The average molecular weight is 559 g/mol. The smallest absolute Gasteiger partial charge is 0.436 e. The highest BCUT2D eigenvalue weighted by Gasteiger charge is 2.40. The van der Waals surface area contributed by atoms with Crippen LogP contribution in [0.2, 0.25) is 0 Å². The summed E-state index contributed by atoms with van der Waals surface area (Å²) in [5.74, 6) is 1.77. The molecule has 202 valence electrons. The van der Waals surface area contributed by atoms with Gasteiger partial charge in [-0.2, -0.15) is 4.68 Å². The van der Waals surface area contributed by atoms with Crippen LogP contribution in [-0.4, -0.2) is 49.7 Å². The molecule has 10 nitrogen and oxygen atoms in total. The van der Waals surface area contributed by atoms with E-state index in [1.165, 1.54) is 24.4 Å². The molecule has 1 aromatic carbocycles. The summed E-state index contributed by atoms with van der Waals surface area (Å²) in [6, 6.07) is 6.61. The number of benzene rings is 1. The van der Waals surface area contributed by atoms with E-state index in [1.54, 1.807) is 12.1 Å². The van der Waals surface area contributed by atoms with Crippen LogP contribution in [0.1, 0.15) is 57.2 Å². The molecule has 3 aromatic rings. The summed E-state index contributed by atoms with van der Waals surface area (Å²) in [7, 11) is 3.90. The molecule has 1 fully saturated rings. The number of fused-ring (bicyclic) bond motifs is 2. The van der Waals surface area contributed by atoms with E-state index in [0.717, 1.165) is 40.1 Å². The van der Waals surface area contributed by atoms with Gasteiger partial charge in [0.2, 0.25) is 5.91 Å². The molecule has 12 heteroatoms. The molecule has 2 aromatic heterocycles. The van der Waals surface area contributed by atoms with Gasteiger partial charge in [-0.25, -0.2) is 9.59 Å². The quantitative estimate of drug-likeness (QED) is 0.240. The van der Waals surface area contributed by atoms with Crippen LogP contribution >= 0.6 is 21.6 Å². The van der Waals surface area contributed by atoms with Crippen LogP contribution in [0.15, 0.2) is 39.7 Å². The van der Waals surface area contributed by atoms with Crippen molar-refractivity contribution >= 4 is 44.6 Å². The van der Waals surface area contributed by atoms with Crippen LogP contribution in [0.5, 0.6) is 5.75 Å². The molecule has 1 saturated heterocycles. The van der Waals surface area contributed by atoms with Crippen molar-refractivity contribution in [3.8, 4) is 5.75 Å². The van der Waals surface area contributed by atoms with Gasteiger partial charge in [0.25, 0.3) is 0 Å². The molecule has 2 aliphatic heterocycles. The molecule has 2 atom stereocenters. The van der Waals surface area contributed by atoms with Gasteiger partial charge in [-0.1, -0.05) is 33.2 Å². The fourth-order valence-electron chi connectivity index (χ4n) is 4.52. The highest BCUT2D eigenvalue weighted by atomic mass is 33.1. The summed E-state index contributed by atoms with van der Waals surface area (Å²) in [4.78, 5) is 36.6. The van der Waals surface area contributed by atoms with Gasteiger partial charge in [0.1, 0.15) is 28.7 Å². The first kappa shape index (κ1) is 26.6. The van der Waals surface area contributed by atoms with Gasteiger partial charge in [0.15, 0.2) is 0 Å². The van der Waals surface area contributed by atoms with Crippen molar-refractivity contribution < 1.29 is 23.5 Å². The van der Waals surface area contributed by atoms with Gasteiger partial charge in [-0.15, -0.1) is 5.10 Å². The van der Waals surface area contributed by atoms with E-state index < -0.39 is 23.4 Å². The number of rotatable bonds is 8. The second kappa shape index (κ2) is 11.4. The summed E-state index contributed by atoms with van der Waals surface area (Å²) >= 11 is 0. The molecule has 4 heterocycles. The maximum atomic E-state index is 12.8. The zero-order valence-electron chi connectivity index (χ0n) is 21.3. The average Bonchev–Trinajstić information content (AvgIpc) is 3.57. The Labute approximate surface area is 227 Å². The summed E-state index contributed by atoms with van der Waals surface area (Å²) in [5, 5.41) is 12.2. The number of hydrogen-bond donors (Lipinski definition) is 1. The molecule has 0 aliphatic carbocycles. The predicted octanol–water partition coefficient (Wildman–Crippen LogP) is 4.48. The van der Waals surface area contributed by atoms with Crippen LogP contribution < -0.4 is 15.7 Å². The number of amides is 1. The Morgan fingerprint density at radius 3 is 2.95 bits per heavy atom. The zero-order valence-corrected chi connectivity index (χ0v) is 22.9. The maximum absolute atomic E-state index is 12.8. The van der Waals surface area contributed by atoms with Crippen LogP contribution in [0.4, 0.5) is 4.79 Å². The SMILES string of the molecule is CC1(C)Oc2cc3oc(=O)ccc3cc2CC1OC(=O)n1cc(CNC(=O)CCCCC2CCSS2)nn1. The highest BCUT2D eigenvalue weighted by Crippen LogP contribution is 2.40. The van der Waals surface area contributed by atoms with E-state index in [4.69, 9.17) is 13.9 Å². The van der Waals surface area contributed by atoms with Gasteiger partial charge >= 0.3 is 11.7 Å². The minimum absolute atomic E-state index is 0.0397. The number of hydrogen-bond acceptors (Lipinski definition) is 10. The van der Waals surface area contributed by atoms with Crippen LogP contribution in [0.3, 0.4) is 0 Å². The molecule has 38 heavy (non-hydrogen) atoms. The normalized spacial score (nSPS) is 20.1. The molecule has 0 spiro atoms. The lowest BCUT2D eigenvalue weighted by Gasteiger charge is -2.39. The third-order valence-corrected chi connectivity index (χ3v) is 9.71. The third-order valence-electron chi connectivity index (χ3n) is 6.70. The fraction of sp³-hybridized carbons (Fsp3) is 0.500. The van der Waals surface area contributed by atoms with Crippen molar-refractivity contribution in [2.24, 2.45) is 0 Å². The Hall–Kier alpha value is -2.99. The number of nitrogens with zero attached hydrogens (tertiary/aromatic N) is 3. The third kappa shape index (κ3) is 6.35. The fourth-order valence-corrected chi connectivity index (χ4v) is 7.55. The summed E-state index contributed by atoms with van der Waals surface area (Å²) in [5.41, 5.74) is 0.475. The van der Waals surface area contributed by atoms with E-state index in [9.17, 15) is 14.4 Å². The maximum Gasteiger partial charge on any atom is 0.436 e. The van der Waals surface area contributed by atoms with Gasteiger partial charge in [-0.05, 0) is 50.8 Å². The number of aromatic nitrogens is 3. The molecule has 0 bridgehead atoms. The number of nitrogens with one attached hydrogen (secondary N) is 1. The first-order chi connectivity index (χ1) is 18.3. The lowest BCUT2D eigenvalue weighted by atomic mass is 9.90. The van der Waals surface area contributed by atoms with Crippen molar-refractivity contribution in [3.05, 3.63) is 52.1 Å². The van der Waals surface area contributed by atoms with E-state index >= 15 is 0 Å². The molecule has 0 radical (unpaired) electrons. The number of carbonyl (C=O) groups is 2. The Kier molecular flexibility index (Phi) is 7.98. The molecule has 2 aliphatic rings. The number of carbonyl (C=O) groups excluding carboxylic acids is 2. The standard InChI is InChI=1S/C26H30N4O6S2/c1-26(2)22(12-17-11-16-7-8-24(32)34-20(16)13-21(17)36-26)35-25(33)30-15-18(28-29-30)14-27-23(31)6-4-3-5-19-9-10-37-38-19/h7-8,11,13,15,19,22H,3-6,9-10,12,14H2,1-2H3,(H,27,31). The molecule has 1 N–H and O–H groups in total. The lowest BCUT2D eigenvalue weighted by molar-refractivity contribution is -0.121. The summed E-state index contributed by atoms with van der Waals surface area (Å²) in [6.07, 6.45) is 5.39. The Balaban J connectivity index is 1.13. The van der Waals surface area contributed by atoms with Crippen molar-refractivity contribution in [1.29, 1.82) is 0 Å². The van der Waals surface area contributed by atoms with Crippen molar-refractivity contribution in [3.63, 3.8) is 0 Å². The summed E-state index contributed by atoms with van der Waals surface area (Å²) < 4.78 is 18.2. The van der Waals surface area contributed by atoms with Crippen LogP contribution in [-0.2, 0) is 22.5 Å². The number of ether oxygens (including phenoxy) is 2. The second-order valence-electron chi connectivity index (χ2n) is 10.0. The molecular weight excluding hydrogens is 528 g/mol. The van der Waals surface area contributed by atoms with Crippen LogP contribution in [0, 0.1) is 0 Å². The van der Waals surface area contributed by atoms with Gasteiger partial charge in [0.05, 0.1) is 12.7 Å². The van der Waals surface area contributed by atoms with E-state index in [2.05, 4.69) is 15.6 Å². The Bertz CT molecular complexity index is 1380.